The van der Waals surface area contributed by atoms with Crippen LogP contribution < -0.4 is 0 Å². The number of hydrogen-bond acceptors (Lipinski definition) is 2. The highest BCUT2D eigenvalue weighted by atomic mass is 35.5. The van der Waals surface area contributed by atoms with Gasteiger partial charge in [0.2, 0.25) is 0 Å². The highest BCUT2D eigenvalue weighted by molar-refractivity contribution is 6.00. The van der Waals surface area contributed by atoms with Crippen LogP contribution in [-0.2, 0) is 0 Å². The van der Waals surface area contributed by atoms with Crippen LogP contribution in [0.2, 0.25) is 0 Å². The monoisotopic (exact) mass is 314 g/mol. The fourth-order valence-corrected chi connectivity index (χ4v) is 2.80. The molecule has 4 heteroatoms. The molecule has 1 atom stereocenters. The minimum atomic E-state index is 0. The van der Waals surface area contributed by atoms with E-state index < -0.39 is 0 Å². The molecular formula is C18H19ClN2O. The Hall–Kier alpha value is -2.13. The first-order chi connectivity index (χ1) is 10.2. The van der Waals surface area contributed by atoms with Gasteiger partial charge in [-0.05, 0) is 5.56 Å². The average Bonchev–Trinajstić information content (AvgIpc) is 2.90. The van der Waals surface area contributed by atoms with Crippen molar-refractivity contribution in [2.45, 2.75) is 12.3 Å². The number of nitrogens with zero attached hydrogens (tertiary/aromatic N) is 1. The maximum absolute atomic E-state index is 12.3. The number of likely N-dealkylation sites (tertiary alicyclic amines) is 1. The summed E-state index contributed by atoms with van der Waals surface area (Å²) in [5, 5.41) is 8.12. The van der Waals surface area contributed by atoms with Crippen molar-refractivity contribution in [3.05, 3.63) is 71.8 Å². The van der Waals surface area contributed by atoms with E-state index in [4.69, 9.17) is 5.41 Å². The number of halogens is 1. The van der Waals surface area contributed by atoms with Crippen LogP contribution in [0.25, 0.3) is 0 Å². The molecule has 1 aliphatic rings. The number of amidine groups is 1. The summed E-state index contributed by atoms with van der Waals surface area (Å²) in [6.45, 7) is 1.05. The highest BCUT2D eigenvalue weighted by Gasteiger charge is 2.29. The molecule has 1 fully saturated rings. The van der Waals surface area contributed by atoms with E-state index in [2.05, 4.69) is 12.1 Å². The van der Waals surface area contributed by atoms with Gasteiger partial charge in [-0.1, -0.05) is 60.7 Å². The molecule has 0 aromatic heterocycles. The molecule has 0 saturated carbocycles. The molecule has 0 radical (unpaired) electrons. The number of carbonyl (C=O) groups excluding carboxylic acids is 1. The zero-order chi connectivity index (χ0) is 14.7. The van der Waals surface area contributed by atoms with E-state index in [-0.39, 0.29) is 18.2 Å². The summed E-state index contributed by atoms with van der Waals surface area (Å²) in [5.74, 6) is 0.962. The third-order valence-electron chi connectivity index (χ3n) is 3.96. The second-order valence-corrected chi connectivity index (χ2v) is 5.43. The summed E-state index contributed by atoms with van der Waals surface area (Å²) in [6.07, 6.45) is 0.714. The zero-order valence-electron chi connectivity index (χ0n) is 12.2. The molecule has 1 aliphatic heterocycles. The Kier molecular flexibility index (Phi) is 5.34. The fourth-order valence-electron chi connectivity index (χ4n) is 2.80. The maximum atomic E-state index is 12.3. The molecule has 114 valence electrons. The second-order valence-electron chi connectivity index (χ2n) is 5.43. The van der Waals surface area contributed by atoms with Gasteiger partial charge < -0.3 is 4.90 Å². The van der Waals surface area contributed by atoms with Crippen LogP contribution in [0.5, 0.6) is 0 Å². The number of hydrogen-bond donors (Lipinski definition) is 1. The van der Waals surface area contributed by atoms with Gasteiger partial charge in [-0.3, -0.25) is 10.2 Å². The molecule has 0 spiro atoms. The lowest BCUT2D eigenvalue weighted by Crippen LogP contribution is -2.30. The van der Waals surface area contributed by atoms with Crippen molar-refractivity contribution in [3.8, 4) is 0 Å². The van der Waals surface area contributed by atoms with Crippen molar-refractivity contribution in [2.24, 2.45) is 0 Å². The first-order valence-electron chi connectivity index (χ1n) is 7.19. The number of Topliss-reactive ketones (excluding diaryl/α,β-unsaturated/α-hetero) is 1. The zero-order valence-corrected chi connectivity index (χ0v) is 13.1. The topological polar surface area (TPSA) is 44.2 Å². The quantitative estimate of drug-likeness (QED) is 0.873. The molecule has 1 saturated heterocycles. The molecule has 2 aromatic rings. The minimum Gasteiger partial charge on any atom is -0.352 e. The van der Waals surface area contributed by atoms with E-state index in [9.17, 15) is 4.79 Å². The first-order valence-corrected chi connectivity index (χ1v) is 7.19. The number of benzene rings is 2. The van der Waals surface area contributed by atoms with Gasteiger partial charge >= 0.3 is 0 Å². The average molecular weight is 315 g/mol. The predicted molar refractivity (Wildman–Crippen MR) is 91.1 cm³/mol. The molecule has 0 bridgehead atoms. The molecule has 3 rings (SSSR count). The van der Waals surface area contributed by atoms with Crippen LogP contribution in [0.3, 0.4) is 0 Å². The second kappa shape index (κ2) is 7.23. The number of ketones is 1. The smallest absolute Gasteiger partial charge is 0.182 e. The third kappa shape index (κ3) is 3.55. The summed E-state index contributed by atoms with van der Waals surface area (Å²) in [6, 6.07) is 19.5. The van der Waals surface area contributed by atoms with Crippen molar-refractivity contribution in [1.82, 2.24) is 4.90 Å². The molecule has 1 unspecified atom stereocenters. The van der Waals surface area contributed by atoms with Gasteiger partial charge in [-0.25, -0.2) is 0 Å². The van der Waals surface area contributed by atoms with Crippen LogP contribution in [0.4, 0.5) is 0 Å². The predicted octanol–water partition coefficient (Wildman–Crippen LogP) is 3.76. The molecule has 22 heavy (non-hydrogen) atoms. The number of carbonyl (C=O) groups is 1. The van der Waals surface area contributed by atoms with E-state index in [1.54, 1.807) is 0 Å². The summed E-state index contributed by atoms with van der Waals surface area (Å²) in [5.41, 5.74) is 1.96. The van der Waals surface area contributed by atoms with Crippen molar-refractivity contribution in [1.29, 1.82) is 5.41 Å². The van der Waals surface area contributed by atoms with E-state index >= 15 is 0 Å². The number of nitrogens with one attached hydrogen (secondary N) is 1. The summed E-state index contributed by atoms with van der Waals surface area (Å²) in [4.78, 5) is 14.1. The highest BCUT2D eigenvalue weighted by Crippen LogP contribution is 2.28. The molecule has 1 N–H and O–H groups in total. The lowest BCUT2D eigenvalue weighted by molar-refractivity contribution is 0.0965. The molecule has 2 aromatic carbocycles. The van der Waals surface area contributed by atoms with Crippen LogP contribution in [0.15, 0.2) is 60.7 Å². The standard InChI is InChI=1S/C18H18N2O.ClH/c19-18-11-16(14-7-3-1-4-8-14)12-20(18)13-17(21)15-9-5-2-6-10-15;/h1-10,16,19H,11-13H2;1H. The molecular weight excluding hydrogens is 296 g/mol. The molecule has 1 heterocycles. The van der Waals surface area contributed by atoms with Gasteiger partial charge in [-0.2, -0.15) is 0 Å². The Labute approximate surface area is 136 Å². The number of rotatable bonds is 4. The van der Waals surface area contributed by atoms with Crippen molar-refractivity contribution < 1.29 is 4.79 Å². The van der Waals surface area contributed by atoms with E-state index in [1.807, 2.05) is 53.4 Å². The van der Waals surface area contributed by atoms with Crippen LogP contribution in [0.1, 0.15) is 28.3 Å². The fraction of sp³-hybridized carbons (Fsp3) is 0.222. The Morgan fingerprint density at radius 3 is 2.27 bits per heavy atom. The van der Waals surface area contributed by atoms with E-state index in [0.29, 0.717) is 30.3 Å². The summed E-state index contributed by atoms with van der Waals surface area (Å²) in [7, 11) is 0. The lowest BCUT2D eigenvalue weighted by atomic mass is 9.98. The van der Waals surface area contributed by atoms with Gasteiger partial charge in [0.25, 0.3) is 0 Å². The normalized spacial score (nSPS) is 17.2. The SMILES string of the molecule is Cl.N=C1CC(c2ccccc2)CN1CC(=O)c1ccccc1. The van der Waals surface area contributed by atoms with E-state index in [1.165, 1.54) is 5.56 Å². The Morgan fingerprint density at radius 1 is 1.05 bits per heavy atom. The van der Waals surface area contributed by atoms with Gasteiger partial charge in [0.15, 0.2) is 5.78 Å². The van der Waals surface area contributed by atoms with Gasteiger partial charge in [0, 0.05) is 24.4 Å². The molecule has 3 nitrogen and oxygen atoms in total. The summed E-state index contributed by atoms with van der Waals surface area (Å²) < 4.78 is 0. The molecule has 0 aliphatic carbocycles. The largest absolute Gasteiger partial charge is 0.352 e. The van der Waals surface area contributed by atoms with Gasteiger partial charge in [0.1, 0.15) is 0 Å². The Balaban J connectivity index is 0.00000176. The third-order valence-corrected chi connectivity index (χ3v) is 3.96. The lowest BCUT2D eigenvalue weighted by Gasteiger charge is -2.17. The van der Waals surface area contributed by atoms with Crippen LogP contribution >= 0.6 is 12.4 Å². The van der Waals surface area contributed by atoms with Gasteiger partial charge in [0.05, 0.1) is 12.4 Å². The maximum Gasteiger partial charge on any atom is 0.182 e. The van der Waals surface area contributed by atoms with Crippen molar-refractivity contribution >= 4 is 24.0 Å². The van der Waals surface area contributed by atoms with Crippen LogP contribution in [-0.4, -0.2) is 29.6 Å². The minimum absolute atomic E-state index is 0. The van der Waals surface area contributed by atoms with Crippen molar-refractivity contribution in [2.75, 3.05) is 13.1 Å². The first kappa shape index (κ1) is 16.2. The van der Waals surface area contributed by atoms with Gasteiger partial charge in [-0.15, -0.1) is 12.4 Å². The van der Waals surface area contributed by atoms with Crippen LogP contribution in [0, 0.1) is 5.41 Å². The Morgan fingerprint density at radius 2 is 1.64 bits per heavy atom. The Bertz CT molecular complexity index is 643. The van der Waals surface area contributed by atoms with Crippen molar-refractivity contribution in [3.63, 3.8) is 0 Å². The van der Waals surface area contributed by atoms with E-state index in [0.717, 1.165) is 6.54 Å². The summed E-state index contributed by atoms with van der Waals surface area (Å²) >= 11 is 0. The molecule has 0 amide bonds.